The number of nitrogens with zero attached hydrogens (tertiary/aromatic N) is 2. The molecule has 0 radical (unpaired) electrons. The topological polar surface area (TPSA) is 93.2 Å². The van der Waals surface area contributed by atoms with Crippen LogP contribution in [0.15, 0.2) is 70.3 Å². The zero-order valence-electron chi connectivity index (χ0n) is 22.2. The first-order valence-corrected chi connectivity index (χ1v) is 13.2. The van der Waals surface area contributed by atoms with Gasteiger partial charge in [0.15, 0.2) is 21.4 Å². The highest BCUT2D eigenvalue weighted by Crippen LogP contribution is 2.59. The van der Waals surface area contributed by atoms with Gasteiger partial charge in [0.2, 0.25) is 11.5 Å². The van der Waals surface area contributed by atoms with E-state index in [1.54, 1.807) is 12.1 Å². The summed E-state index contributed by atoms with van der Waals surface area (Å²) in [6.07, 6.45) is 13.4. The van der Waals surface area contributed by atoms with E-state index in [1.807, 2.05) is 60.7 Å². The Labute approximate surface area is 240 Å². The quantitative estimate of drug-likeness (QED) is 0.347. The maximum absolute atomic E-state index is 7.74. The van der Waals surface area contributed by atoms with Crippen LogP contribution in [0, 0.1) is 0 Å². The molecule has 3 aliphatic rings. The predicted octanol–water partition coefficient (Wildman–Crippen LogP) is 4.43. The third-order valence-electron chi connectivity index (χ3n) is 7.01. The van der Waals surface area contributed by atoms with E-state index < -0.39 is 9.87 Å². The number of aromatic amines is 2. The van der Waals surface area contributed by atoms with E-state index in [1.165, 1.54) is 28.4 Å². The van der Waals surface area contributed by atoms with Crippen molar-refractivity contribution in [1.29, 1.82) is 0 Å². The van der Waals surface area contributed by atoms with E-state index in [9.17, 15) is 0 Å². The highest BCUT2D eigenvalue weighted by Gasteiger charge is 2.55. The molecular formula is C30H26Cl2N4O4. The van der Waals surface area contributed by atoms with Crippen molar-refractivity contribution in [2.45, 2.75) is 9.87 Å². The lowest BCUT2D eigenvalue weighted by Gasteiger charge is -2.38. The number of ether oxygens (including phenoxy) is 4. The summed E-state index contributed by atoms with van der Waals surface area (Å²) < 4.78 is 22.9. The highest BCUT2D eigenvalue weighted by molar-refractivity contribution is 6.39. The fraction of sp³-hybridized carbons (Fsp3) is 0.200. The third-order valence-corrected chi connectivity index (χ3v) is 8.30. The largest absolute Gasteiger partial charge is 0.493 e. The maximum atomic E-state index is 7.74. The summed E-state index contributed by atoms with van der Waals surface area (Å²) in [7, 11) is 6.11. The normalized spacial score (nSPS) is 22.6. The molecule has 8 bridgehead atoms. The minimum absolute atomic E-state index is 0.312. The van der Waals surface area contributed by atoms with E-state index in [2.05, 4.69) is 9.97 Å². The summed E-state index contributed by atoms with van der Waals surface area (Å²) in [5.74, 6) is 1.40. The van der Waals surface area contributed by atoms with Crippen LogP contribution in [0.25, 0.3) is 18.2 Å². The number of aliphatic imine (C=N–C) groups is 2. The maximum Gasteiger partial charge on any atom is 0.207 e. The summed E-state index contributed by atoms with van der Waals surface area (Å²) in [4.78, 5) is 13.5. The van der Waals surface area contributed by atoms with Crippen molar-refractivity contribution in [2.75, 3.05) is 28.4 Å². The molecule has 40 heavy (non-hydrogen) atoms. The number of nitrogens with one attached hydrogen (secondary N) is 2. The number of halogens is 2. The van der Waals surface area contributed by atoms with E-state index in [-0.39, 0.29) is 0 Å². The predicted molar refractivity (Wildman–Crippen MR) is 159 cm³/mol. The molecule has 5 heterocycles. The van der Waals surface area contributed by atoms with Gasteiger partial charge in [-0.25, -0.2) is 4.99 Å². The van der Waals surface area contributed by atoms with Gasteiger partial charge < -0.3 is 28.9 Å². The molecule has 0 saturated heterocycles. The average Bonchev–Trinajstić information content (AvgIpc) is 3.76. The summed E-state index contributed by atoms with van der Waals surface area (Å²) >= 11 is 15.2. The van der Waals surface area contributed by atoms with E-state index >= 15 is 0 Å². The molecule has 2 unspecified atom stereocenters. The van der Waals surface area contributed by atoms with Crippen LogP contribution in [0.3, 0.4) is 0 Å². The number of methoxy groups -OCH3 is 4. The van der Waals surface area contributed by atoms with Crippen molar-refractivity contribution in [2.24, 2.45) is 9.98 Å². The van der Waals surface area contributed by atoms with Crippen LogP contribution >= 0.6 is 23.2 Å². The molecular weight excluding hydrogens is 551 g/mol. The van der Waals surface area contributed by atoms with Crippen molar-refractivity contribution in [3.8, 4) is 23.0 Å². The molecule has 1 aromatic carbocycles. The van der Waals surface area contributed by atoms with Gasteiger partial charge in [0.25, 0.3) is 0 Å². The van der Waals surface area contributed by atoms with E-state index in [0.717, 1.165) is 27.8 Å². The van der Waals surface area contributed by atoms with Crippen molar-refractivity contribution in [3.63, 3.8) is 0 Å². The molecule has 2 aromatic heterocycles. The second-order valence-electron chi connectivity index (χ2n) is 9.35. The Morgan fingerprint density at radius 3 is 2.15 bits per heavy atom. The molecule has 3 aromatic rings. The Hall–Kier alpha value is -4.14. The second-order valence-corrected chi connectivity index (χ2v) is 10.5. The van der Waals surface area contributed by atoms with Crippen molar-refractivity contribution in [3.05, 3.63) is 88.0 Å². The van der Waals surface area contributed by atoms with Crippen molar-refractivity contribution in [1.82, 2.24) is 9.97 Å². The molecule has 0 saturated carbocycles. The molecule has 3 aliphatic heterocycles. The molecule has 204 valence electrons. The SMILES string of the molecule is COc1cc(C2(Cl)c3ccc([nH]3)C=C3C=CC(=N3)C=c3ccc([nH]3)=CC3=NC2(Cl)C=C3)c(OC)c(OC)c1OC. The lowest BCUT2D eigenvalue weighted by atomic mass is 9.86. The molecule has 0 amide bonds. The first kappa shape index (κ1) is 26.1. The van der Waals surface area contributed by atoms with Crippen LogP contribution in [-0.2, 0) is 4.87 Å². The third kappa shape index (κ3) is 4.06. The van der Waals surface area contributed by atoms with Gasteiger partial charge in [-0.3, -0.25) is 4.99 Å². The number of fused-ring (bicyclic) bond motifs is 6. The van der Waals surface area contributed by atoms with Gasteiger partial charge in [-0.1, -0.05) is 11.6 Å². The molecule has 6 rings (SSSR count). The Morgan fingerprint density at radius 1 is 0.725 bits per heavy atom. The van der Waals surface area contributed by atoms with Gasteiger partial charge in [0, 0.05) is 27.6 Å². The summed E-state index contributed by atoms with van der Waals surface area (Å²) in [6.45, 7) is 0. The Balaban J connectivity index is 1.67. The lowest BCUT2D eigenvalue weighted by Crippen LogP contribution is -2.41. The molecule has 0 aliphatic carbocycles. The Kier molecular flexibility index (Phi) is 6.40. The van der Waals surface area contributed by atoms with Gasteiger partial charge >= 0.3 is 0 Å². The molecule has 0 fully saturated rings. The van der Waals surface area contributed by atoms with Crippen LogP contribution in [-0.4, -0.2) is 54.8 Å². The fourth-order valence-electron chi connectivity index (χ4n) is 5.17. The minimum Gasteiger partial charge on any atom is -0.493 e. The number of hydrogen-bond donors (Lipinski definition) is 2. The van der Waals surface area contributed by atoms with Gasteiger partial charge in [0.1, 0.15) is 0 Å². The highest BCUT2D eigenvalue weighted by atomic mass is 35.5. The number of aromatic nitrogens is 2. The summed E-state index contributed by atoms with van der Waals surface area (Å²) in [5, 5.41) is 1.77. The fourth-order valence-corrected chi connectivity index (χ4v) is 5.89. The van der Waals surface area contributed by atoms with Gasteiger partial charge in [-0.2, -0.15) is 0 Å². The van der Waals surface area contributed by atoms with Crippen molar-refractivity contribution < 1.29 is 18.9 Å². The minimum atomic E-state index is -1.53. The van der Waals surface area contributed by atoms with E-state index in [0.29, 0.717) is 40.0 Å². The number of hydrogen-bond acceptors (Lipinski definition) is 6. The number of H-pyrrole nitrogens is 2. The van der Waals surface area contributed by atoms with Gasteiger partial charge in [-0.05, 0) is 72.9 Å². The first-order chi connectivity index (χ1) is 19.3. The van der Waals surface area contributed by atoms with E-state index in [4.69, 9.17) is 52.1 Å². The first-order valence-electron chi connectivity index (χ1n) is 12.4. The van der Waals surface area contributed by atoms with Crippen LogP contribution in [0.2, 0.25) is 0 Å². The number of allylic oxidation sites excluding steroid dienone is 3. The van der Waals surface area contributed by atoms with Crippen LogP contribution in [0.1, 0.15) is 17.0 Å². The lowest BCUT2D eigenvalue weighted by molar-refractivity contribution is 0.301. The zero-order chi connectivity index (χ0) is 28.1. The summed E-state index contributed by atoms with van der Waals surface area (Å²) in [6, 6.07) is 9.49. The van der Waals surface area contributed by atoms with Gasteiger partial charge in [0.05, 0.1) is 45.6 Å². The van der Waals surface area contributed by atoms with Crippen LogP contribution in [0.4, 0.5) is 0 Å². The Bertz CT molecular complexity index is 1800. The van der Waals surface area contributed by atoms with Gasteiger partial charge in [-0.15, -0.1) is 11.6 Å². The molecule has 10 heteroatoms. The average molecular weight is 577 g/mol. The molecule has 2 N–H and O–H groups in total. The molecule has 0 spiro atoms. The Morgan fingerprint density at radius 2 is 1.45 bits per heavy atom. The monoisotopic (exact) mass is 576 g/mol. The van der Waals surface area contributed by atoms with Crippen molar-refractivity contribution >= 4 is 52.9 Å². The number of alkyl halides is 2. The number of rotatable bonds is 5. The smallest absolute Gasteiger partial charge is 0.207 e. The standard InChI is InChI=1S/C30H26Cl2N4O4/c1-37-24-16-23(26(38-2)28(40-4)27(24)39-3)30(32)25-10-9-21(35-25)14-19-6-5-17(33-19)13-18-7-8-20(34-18)15-22-11-12-29(30,31)36-22/h5-16,34-35H,1-4H3. The molecule has 8 nitrogen and oxygen atoms in total. The van der Waals surface area contributed by atoms with Crippen LogP contribution in [0.5, 0.6) is 23.0 Å². The molecule has 2 atom stereocenters. The second kappa shape index (κ2) is 9.80. The van der Waals surface area contributed by atoms with Crippen LogP contribution < -0.4 is 29.6 Å². The number of benzene rings is 1. The zero-order valence-corrected chi connectivity index (χ0v) is 23.7. The summed E-state index contributed by atoms with van der Waals surface area (Å²) in [5.41, 5.74) is 4.09.